The fourth-order valence-corrected chi connectivity index (χ4v) is 4.13. The van der Waals surface area contributed by atoms with Gasteiger partial charge in [-0.15, -0.1) is 0 Å². The molecular weight excluding hydrogens is 348 g/mol. The Morgan fingerprint density at radius 2 is 0.759 bits per heavy atom. The third-order valence-electron chi connectivity index (χ3n) is 5.70. The molecule has 0 unspecified atom stereocenters. The molecule has 0 nitrogen and oxygen atoms in total. The van der Waals surface area contributed by atoms with Gasteiger partial charge in [-0.3, -0.25) is 0 Å². The van der Waals surface area contributed by atoms with E-state index in [1.54, 1.807) is 0 Å². The van der Waals surface area contributed by atoms with Crippen LogP contribution in [0.2, 0.25) is 0 Å². The average molecular weight is 377 g/mol. The lowest BCUT2D eigenvalue weighted by molar-refractivity contribution is 1.37. The Bertz CT molecular complexity index is 1110. The summed E-state index contributed by atoms with van der Waals surface area (Å²) in [6.45, 7) is 10.9. The van der Waals surface area contributed by atoms with Crippen LogP contribution in [-0.4, -0.2) is 0 Å². The number of benzene rings is 4. The van der Waals surface area contributed by atoms with Crippen LogP contribution >= 0.6 is 0 Å². The maximum Gasteiger partial charge on any atom is -0.0154 e. The number of hydrogen-bond donors (Lipinski definition) is 0. The zero-order valence-corrected chi connectivity index (χ0v) is 18.0. The quantitative estimate of drug-likeness (QED) is 0.338. The van der Waals surface area contributed by atoms with Crippen molar-refractivity contribution >= 4 is 0 Å². The maximum atomic E-state index is 2.34. The van der Waals surface area contributed by atoms with Crippen molar-refractivity contribution in [2.45, 2.75) is 34.6 Å². The third kappa shape index (κ3) is 4.03. The van der Waals surface area contributed by atoms with Crippen LogP contribution in [0, 0.1) is 34.6 Å². The van der Waals surface area contributed by atoms with Gasteiger partial charge in [0, 0.05) is 0 Å². The summed E-state index contributed by atoms with van der Waals surface area (Å²) in [5.41, 5.74) is 14.2. The predicted octanol–water partition coefficient (Wildman–Crippen LogP) is 8.23. The molecule has 0 N–H and O–H groups in total. The first kappa shape index (κ1) is 19.2. The largest absolute Gasteiger partial charge is 0.0587 e. The molecule has 144 valence electrons. The highest BCUT2D eigenvalue weighted by atomic mass is 14.1. The molecular formula is C29H28. The minimum absolute atomic E-state index is 1.26. The molecule has 0 aromatic heterocycles. The Labute approximate surface area is 174 Å². The van der Waals surface area contributed by atoms with Crippen LogP contribution in [0.25, 0.3) is 33.4 Å². The van der Waals surface area contributed by atoms with Crippen LogP contribution in [0.1, 0.15) is 27.8 Å². The summed E-state index contributed by atoms with van der Waals surface area (Å²) in [6, 6.07) is 29.3. The van der Waals surface area contributed by atoms with Crippen LogP contribution in [0.15, 0.2) is 78.9 Å². The summed E-state index contributed by atoms with van der Waals surface area (Å²) in [6.07, 6.45) is 0. The van der Waals surface area contributed by atoms with Gasteiger partial charge < -0.3 is 0 Å². The lowest BCUT2D eigenvalue weighted by Crippen LogP contribution is -1.91. The van der Waals surface area contributed by atoms with E-state index in [4.69, 9.17) is 0 Å². The molecule has 0 spiro atoms. The van der Waals surface area contributed by atoms with Crippen molar-refractivity contribution in [3.05, 3.63) is 107 Å². The zero-order valence-electron chi connectivity index (χ0n) is 18.0. The summed E-state index contributed by atoms with van der Waals surface area (Å²) in [5, 5.41) is 0. The van der Waals surface area contributed by atoms with E-state index >= 15 is 0 Å². The Morgan fingerprint density at radius 1 is 0.345 bits per heavy atom. The van der Waals surface area contributed by atoms with Crippen LogP contribution < -0.4 is 0 Å². The van der Waals surface area contributed by atoms with Gasteiger partial charge in [0.2, 0.25) is 0 Å². The molecule has 4 rings (SSSR count). The van der Waals surface area contributed by atoms with E-state index in [1.165, 1.54) is 61.2 Å². The first-order valence-electron chi connectivity index (χ1n) is 10.3. The maximum absolute atomic E-state index is 2.34. The van der Waals surface area contributed by atoms with E-state index < -0.39 is 0 Å². The van der Waals surface area contributed by atoms with Gasteiger partial charge in [-0.2, -0.15) is 0 Å². The lowest BCUT2D eigenvalue weighted by atomic mass is 9.90. The van der Waals surface area contributed by atoms with Gasteiger partial charge in [0.1, 0.15) is 0 Å². The summed E-state index contributed by atoms with van der Waals surface area (Å²) in [4.78, 5) is 0. The predicted molar refractivity (Wildman–Crippen MR) is 126 cm³/mol. The summed E-state index contributed by atoms with van der Waals surface area (Å²) in [5.74, 6) is 0. The first-order valence-corrected chi connectivity index (χ1v) is 10.3. The molecule has 0 saturated heterocycles. The van der Waals surface area contributed by atoms with E-state index in [0.717, 1.165) is 0 Å². The third-order valence-corrected chi connectivity index (χ3v) is 5.70. The van der Waals surface area contributed by atoms with E-state index in [2.05, 4.69) is 113 Å². The molecule has 0 aliphatic carbocycles. The van der Waals surface area contributed by atoms with Crippen molar-refractivity contribution in [1.29, 1.82) is 0 Å². The molecule has 0 bridgehead atoms. The van der Waals surface area contributed by atoms with Gasteiger partial charge in [0.25, 0.3) is 0 Å². The van der Waals surface area contributed by atoms with Crippen molar-refractivity contribution in [3.63, 3.8) is 0 Å². The van der Waals surface area contributed by atoms with Crippen LogP contribution in [0.5, 0.6) is 0 Å². The molecule has 29 heavy (non-hydrogen) atoms. The molecule has 0 aliphatic rings. The van der Waals surface area contributed by atoms with E-state index in [1.807, 2.05) is 0 Å². The number of rotatable bonds is 3. The highest BCUT2D eigenvalue weighted by Gasteiger charge is 2.10. The average Bonchev–Trinajstić information content (AvgIpc) is 2.68. The van der Waals surface area contributed by atoms with Crippen molar-refractivity contribution in [1.82, 2.24) is 0 Å². The topological polar surface area (TPSA) is 0 Å². The van der Waals surface area contributed by atoms with Crippen molar-refractivity contribution in [2.24, 2.45) is 0 Å². The van der Waals surface area contributed by atoms with Crippen LogP contribution in [0.4, 0.5) is 0 Å². The van der Waals surface area contributed by atoms with Gasteiger partial charge >= 0.3 is 0 Å². The molecule has 0 atom stereocenters. The normalized spacial score (nSPS) is 10.9. The second-order valence-electron chi connectivity index (χ2n) is 8.30. The molecule has 0 heteroatoms. The Morgan fingerprint density at radius 3 is 1.21 bits per heavy atom. The van der Waals surface area contributed by atoms with Gasteiger partial charge in [0.05, 0.1) is 0 Å². The van der Waals surface area contributed by atoms with E-state index in [0.29, 0.717) is 0 Å². The van der Waals surface area contributed by atoms with Crippen molar-refractivity contribution in [2.75, 3.05) is 0 Å². The SMILES string of the molecule is Cc1ccc(-c2cc(-c3ccc(C)cc3C)cc(-c3ccc(C)cc3C)c2)cc1. The molecule has 4 aromatic rings. The zero-order chi connectivity index (χ0) is 20.5. The van der Waals surface area contributed by atoms with Crippen molar-refractivity contribution in [3.8, 4) is 33.4 Å². The first-order chi connectivity index (χ1) is 13.9. The van der Waals surface area contributed by atoms with Gasteiger partial charge in [-0.05, 0) is 97.3 Å². The second-order valence-corrected chi connectivity index (χ2v) is 8.30. The van der Waals surface area contributed by atoms with Crippen molar-refractivity contribution < 1.29 is 0 Å². The molecule has 0 fully saturated rings. The smallest absolute Gasteiger partial charge is 0.0154 e. The molecule has 4 aromatic carbocycles. The van der Waals surface area contributed by atoms with E-state index in [-0.39, 0.29) is 0 Å². The Hall–Kier alpha value is -3.12. The van der Waals surface area contributed by atoms with E-state index in [9.17, 15) is 0 Å². The molecule has 0 heterocycles. The second kappa shape index (κ2) is 7.72. The molecule has 0 radical (unpaired) electrons. The molecule has 0 saturated carbocycles. The number of hydrogen-bond acceptors (Lipinski definition) is 0. The fraction of sp³-hybridized carbons (Fsp3) is 0.172. The standard InChI is InChI=1S/C29H28/c1-19-6-10-24(11-7-19)25-16-26(28-12-8-20(2)14-22(28)4)18-27(17-25)29-13-9-21(3)15-23(29)5/h6-18H,1-5H3. The van der Waals surface area contributed by atoms with Crippen LogP contribution in [-0.2, 0) is 0 Å². The minimum Gasteiger partial charge on any atom is -0.0587 e. The summed E-state index contributed by atoms with van der Waals surface area (Å²) in [7, 11) is 0. The minimum atomic E-state index is 1.26. The van der Waals surface area contributed by atoms with Gasteiger partial charge in [-0.1, -0.05) is 77.4 Å². The molecule has 0 aliphatic heterocycles. The monoisotopic (exact) mass is 376 g/mol. The van der Waals surface area contributed by atoms with Crippen LogP contribution in [0.3, 0.4) is 0 Å². The summed E-state index contributed by atoms with van der Waals surface area (Å²) >= 11 is 0. The van der Waals surface area contributed by atoms with Gasteiger partial charge in [-0.25, -0.2) is 0 Å². The molecule has 0 amide bonds. The highest BCUT2D eigenvalue weighted by Crippen LogP contribution is 2.35. The lowest BCUT2D eigenvalue weighted by Gasteiger charge is -2.15. The van der Waals surface area contributed by atoms with Gasteiger partial charge in [0.15, 0.2) is 0 Å². The highest BCUT2D eigenvalue weighted by molar-refractivity contribution is 5.83. The Balaban J connectivity index is 1.95. The number of aryl methyl sites for hydroxylation is 5. The Kier molecular flexibility index (Phi) is 5.11. The summed E-state index contributed by atoms with van der Waals surface area (Å²) < 4.78 is 0. The fourth-order valence-electron chi connectivity index (χ4n) is 4.13.